The van der Waals surface area contributed by atoms with Gasteiger partial charge >= 0.3 is 0 Å². The fourth-order valence-electron chi connectivity index (χ4n) is 7.15. The number of aliphatic hydroxyl groups is 13. The Kier molecular flexibility index (Phi) is 15.9. The first-order valence-corrected chi connectivity index (χ1v) is 18.6. The summed E-state index contributed by atoms with van der Waals surface area (Å²) < 4.78 is 40.6. The van der Waals surface area contributed by atoms with Crippen LogP contribution in [0.1, 0.15) is 25.7 Å². The Morgan fingerprint density at radius 2 is 1.02 bits per heavy atom. The molecule has 4 aliphatic heterocycles. The number of ether oxygens (including phenoxy) is 7. The van der Waals surface area contributed by atoms with Crippen molar-refractivity contribution in [2.24, 2.45) is 5.11 Å². The maximum Gasteiger partial charge on any atom is 0.187 e. The van der Waals surface area contributed by atoms with E-state index in [0.29, 0.717) is 37.4 Å². The first-order valence-electron chi connectivity index (χ1n) is 17.6. The van der Waals surface area contributed by atoms with Gasteiger partial charge in [-0.1, -0.05) is 5.11 Å². The van der Waals surface area contributed by atoms with Crippen molar-refractivity contribution in [3.63, 3.8) is 0 Å². The van der Waals surface area contributed by atoms with E-state index in [2.05, 4.69) is 10.0 Å². The Labute approximate surface area is 312 Å². The molecule has 24 heteroatoms. The molecule has 1 aliphatic carbocycles. The Bertz CT molecular complexity index is 1220. The van der Waals surface area contributed by atoms with Crippen LogP contribution in [0.3, 0.4) is 0 Å². The zero-order valence-electron chi connectivity index (χ0n) is 28.8. The molecule has 0 aromatic carbocycles. The molecular formula is C30H51N3O20S. The van der Waals surface area contributed by atoms with Crippen molar-refractivity contribution in [3.8, 4) is 0 Å². The average molecular weight is 806 g/mol. The topological polar surface area (TPSA) is 376 Å². The van der Waals surface area contributed by atoms with E-state index in [1.807, 2.05) is 0 Å². The van der Waals surface area contributed by atoms with E-state index in [1.165, 1.54) is 0 Å². The Balaban J connectivity index is 1.39. The fraction of sp³-hybridized carbons (Fsp3) is 1.00. The van der Waals surface area contributed by atoms with E-state index in [-0.39, 0.29) is 6.04 Å². The highest BCUT2D eigenvalue weighted by Gasteiger charge is 2.56. The molecule has 4 heterocycles. The minimum absolute atomic E-state index is 0.239. The number of azide groups is 1. The summed E-state index contributed by atoms with van der Waals surface area (Å²) in [6, 6.07) is -0.239. The van der Waals surface area contributed by atoms with Crippen LogP contribution in [-0.2, 0) is 33.2 Å². The zero-order valence-corrected chi connectivity index (χ0v) is 29.6. The second-order valence-electron chi connectivity index (χ2n) is 13.9. The summed E-state index contributed by atoms with van der Waals surface area (Å²) in [5.41, 5.74) is 7.25. The lowest BCUT2D eigenvalue weighted by atomic mass is 9.93. The Morgan fingerprint density at radius 3 is 1.61 bits per heavy atom. The minimum atomic E-state index is -1.99. The molecule has 20 atom stereocenters. The number of hydrogen-bond donors (Lipinski definition) is 13. The molecule has 8 unspecified atom stereocenters. The van der Waals surface area contributed by atoms with Crippen LogP contribution in [-0.4, -0.2) is 226 Å². The van der Waals surface area contributed by atoms with Crippen LogP contribution in [0.5, 0.6) is 0 Å². The van der Waals surface area contributed by atoms with Gasteiger partial charge in [0.05, 0.1) is 43.9 Å². The highest BCUT2D eigenvalue weighted by Crippen LogP contribution is 2.40. The van der Waals surface area contributed by atoms with Gasteiger partial charge in [0.15, 0.2) is 18.9 Å². The first-order chi connectivity index (χ1) is 25.8. The van der Waals surface area contributed by atoms with Crippen LogP contribution >= 0.6 is 11.8 Å². The van der Waals surface area contributed by atoms with Crippen molar-refractivity contribution in [2.75, 3.05) is 26.4 Å². The summed E-state index contributed by atoms with van der Waals surface area (Å²) in [4.78, 5) is 2.82. The molecule has 0 amide bonds. The molecule has 0 bridgehead atoms. The number of thioether (sulfide) groups is 1. The first kappa shape index (κ1) is 44.0. The average Bonchev–Trinajstić information content (AvgIpc) is 3.17. The van der Waals surface area contributed by atoms with Gasteiger partial charge in [0.25, 0.3) is 0 Å². The molecular weight excluding hydrogens is 754 g/mol. The Morgan fingerprint density at radius 1 is 0.519 bits per heavy atom. The summed E-state index contributed by atoms with van der Waals surface area (Å²) >= 11 is 0.537. The summed E-state index contributed by atoms with van der Waals surface area (Å²) in [6.07, 6.45) is -29.5. The maximum atomic E-state index is 11.4. The molecule has 0 spiro atoms. The monoisotopic (exact) mass is 805 g/mol. The summed E-state index contributed by atoms with van der Waals surface area (Å²) in [6.45, 7) is -3.26. The van der Waals surface area contributed by atoms with E-state index < -0.39 is 154 Å². The van der Waals surface area contributed by atoms with E-state index >= 15 is 0 Å². The van der Waals surface area contributed by atoms with Crippen molar-refractivity contribution in [3.05, 3.63) is 10.4 Å². The number of hydrogen-bond acceptors (Lipinski definition) is 22. The van der Waals surface area contributed by atoms with Crippen LogP contribution in [0.4, 0.5) is 0 Å². The van der Waals surface area contributed by atoms with Gasteiger partial charge < -0.3 is 99.5 Å². The van der Waals surface area contributed by atoms with E-state index in [0.717, 1.165) is 0 Å². The van der Waals surface area contributed by atoms with Gasteiger partial charge in [0, 0.05) is 11.0 Å². The van der Waals surface area contributed by atoms with Crippen molar-refractivity contribution >= 4 is 11.8 Å². The number of rotatable bonds is 13. The third-order valence-electron chi connectivity index (χ3n) is 10.4. The lowest BCUT2D eigenvalue weighted by molar-refractivity contribution is -0.382. The lowest BCUT2D eigenvalue weighted by Gasteiger charge is -2.49. The standard InChI is InChI=1S/C30H51N3O20S/c31-33-32-9-1-3-10(4-2-9)47-27-23(46)24(18(41)14(8-37)48-27)52-28-25(20(43)16(39)11(5-34)49-28)53-29-26(21(44)17(40)12(6-35)50-29)54-30-22(45)19(42)15(38)13(7-36)51-30/h9-30,34-46H,1-8H2/t9?,10?,11?,12?,13?,14?,15-,16-,17-,18-,19+,20+,21+,22?,23?,24+,25?,26?,27-,28-,29-,30-/m1/s1. The Hall–Kier alpha value is -1.14. The normalized spacial score (nSPS) is 50.3. The van der Waals surface area contributed by atoms with Crippen molar-refractivity contribution < 1.29 is 99.5 Å². The molecule has 13 N–H and O–H groups in total. The quantitative estimate of drug-likeness (QED) is 0.0467. The molecule has 4 saturated heterocycles. The van der Waals surface area contributed by atoms with Gasteiger partial charge in [-0.25, -0.2) is 0 Å². The largest absolute Gasteiger partial charge is 0.394 e. The molecule has 1 saturated carbocycles. The fourth-order valence-corrected chi connectivity index (χ4v) is 8.57. The van der Waals surface area contributed by atoms with Crippen LogP contribution < -0.4 is 0 Å². The van der Waals surface area contributed by atoms with Gasteiger partial charge in [-0.3, -0.25) is 0 Å². The van der Waals surface area contributed by atoms with Crippen LogP contribution in [0, 0.1) is 0 Å². The predicted molar refractivity (Wildman–Crippen MR) is 174 cm³/mol. The maximum absolute atomic E-state index is 11.4. The van der Waals surface area contributed by atoms with Crippen LogP contribution in [0.25, 0.3) is 10.4 Å². The second-order valence-corrected chi connectivity index (χ2v) is 15.2. The van der Waals surface area contributed by atoms with E-state index in [9.17, 15) is 66.4 Å². The molecule has 312 valence electrons. The molecule has 54 heavy (non-hydrogen) atoms. The lowest BCUT2D eigenvalue weighted by Crippen LogP contribution is -2.67. The van der Waals surface area contributed by atoms with Crippen LogP contribution in [0.2, 0.25) is 0 Å². The molecule has 5 rings (SSSR count). The zero-order chi connectivity index (χ0) is 39.4. The molecule has 5 fully saturated rings. The molecule has 0 radical (unpaired) electrons. The van der Waals surface area contributed by atoms with Gasteiger partial charge in [-0.2, -0.15) is 0 Å². The van der Waals surface area contributed by atoms with Gasteiger partial charge in [0.2, 0.25) is 0 Å². The van der Waals surface area contributed by atoms with Gasteiger partial charge in [0.1, 0.15) is 90.9 Å². The summed E-state index contributed by atoms with van der Waals surface area (Å²) in [5, 5.41) is 139. The smallest absolute Gasteiger partial charge is 0.187 e. The third kappa shape index (κ3) is 9.42. The third-order valence-corrected chi connectivity index (χ3v) is 11.9. The van der Waals surface area contributed by atoms with Crippen LogP contribution in [0.15, 0.2) is 5.11 Å². The van der Waals surface area contributed by atoms with Gasteiger partial charge in [-0.15, -0.1) is 11.8 Å². The van der Waals surface area contributed by atoms with Crippen molar-refractivity contribution in [1.82, 2.24) is 0 Å². The van der Waals surface area contributed by atoms with Crippen molar-refractivity contribution in [2.45, 2.75) is 159 Å². The highest BCUT2D eigenvalue weighted by molar-refractivity contribution is 8.00. The second kappa shape index (κ2) is 19.5. The highest BCUT2D eigenvalue weighted by atomic mass is 32.2. The van der Waals surface area contributed by atoms with Gasteiger partial charge in [-0.05, 0) is 31.2 Å². The molecule has 5 aliphatic rings. The number of aliphatic hydroxyl groups excluding tert-OH is 13. The number of nitrogens with zero attached hydrogens (tertiary/aromatic N) is 3. The molecule has 0 aromatic heterocycles. The predicted octanol–water partition coefficient (Wildman–Crippen LogP) is -6.39. The summed E-state index contributed by atoms with van der Waals surface area (Å²) in [7, 11) is 0. The van der Waals surface area contributed by atoms with E-state index in [1.54, 1.807) is 0 Å². The summed E-state index contributed by atoms with van der Waals surface area (Å²) in [5.74, 6) is 0. The van der Waals surface area contributed by atoms with E-state index in [4.69, 9.17) is 38.7 Å². The molecule has 23 nitrogen and oxygen atoms in total. The minimum Gasteiger partial charge on any atom is -0.394 e. The van der Waals surface area contributed by atoms with Crippen molar-refractivity contribution in [1.29, 1.82) is 0 Å². The SMILES string of the molecule is [N-]=[N+]=NC1CCC(O[C@@H]2OC(CO)[C@@H](O)[C@H](O[C@H]3OC(CO)[C@@H](O)[C@H](O)C3O[C@H]3OC(CO)[C@@H](O)[C@H](O)C3S[C@H]3OC(CO)[C@@H](O)[C@H](O)C3O)C2O)CC1. The molecule has 0 aromatic rings.